The molecule has 0 spiro atoms. The van der Waals surface area contributed by atoms with Crippen LogP contribution in [0.1, 0.15) is 12.8 Å². The second kappa shape index (κ2) is 3.88. The number of halogens is 3. The zero-order chi connectivity index (χ0) is 11.8. The molecule has 1 heterocycles. The topological polar surface area (TPSA) is 29.3 Å². The molecule has 1 aromatic carbocycles. The maximum absolute atomic E-state index is 12.7. The fourth-order valence-corrected chi connectivity index (χ4v) is 2.08. The average molecular weight is 230 g/mol. The highest BCUT2D eigenvalue weighted by Gasteiger charge is 2.45. The van der Waals surface area contributed by atoms with Gasteiger partial charge in [-0.2, -0.15) is 13.2 Å². The Morgan fingerprint density at radius 2 is 1.81 bits per heavy atom. The quantitative estimate of drug-likeness (QED) is 0.752. The van der Waals surface area contributed by atoms with Gasteiger partial charge in [-0.3, -0.25) is 0 Å². The Balaban J connectivity index is 2.23. The highest BCUT2D eigenvalue weighted by Crippen LogP contribution is 2.35. The molecule has 2 rings (SSSR count). The molecule has 0 saturated carbocycles. The van der Waals surface area contributed by atoms with Crippen molar-refractivity contribution in [3.8, 4) is 0 Å². The minimum Gasteiger partial charge on any atom is -0.399 e. The van der Waals surface area contributed by atoms with Crippen molar-refractivity contribution >= 4 is 11.4 Å². The molecule has 1 saturated heterocycles. The number of anilines is 2. The minimum atomic E-state index is -4.15. The average Bonchev–Trinajstić information content (AvgIpc) is 2.66. The van der Waals surface area contributed by atoms with E-state index in [-0.39, 0.29) is 6.42 Å². The first-order valence-electron chi connectivity index (χ1n) is 5.17. The molecule has 2 N–H and O–H groups in total. The van der Waals surface area contributed by atoms with E-state index in [4.69, 9.17) is 5.73 Å². The summed E-state index contributed by atoms with van der Waals surface area (Å²) in [6.07, 6.45) is -3.40. The van der Waals surface area contributed by atoms with Gasteiger partial charge in [0.1, 0.15) is 6.04 Å². The van der Waals surface area contributed by atoms with E-state index in [1.165, 1.54) is 4.90 Å². The summed E-state index contributed by atoms with van der Waals surface area (Å²) in [6, 6.07) is 5.18. The molecule has 1 unspecified atom stereocenters. The zero-order valence-electron chi connectivity index (χ0n) is 8.67. The van der Waals surface area contributed by atoms with Gasteiger partial charge in [0, 0.05) is 17.9 Å². The first-order chi connectivity index (χ1) is 7.48. The number of alkyl halides is 3. The van der Waals surface area contributed by atoms with E-state index in [0.717, 1.165) is 0 Å². The van der Waals surface area contributed by atoms with E-state index in [1.54, 1.807) is 24.3 Å². The summed E-state index contributed by atoms with van der Waals surface area (Å²) in [6.45, 7) is 0.452. The third kappa shape index (κ3) is 2.08. The second-order valence-corrected chi connectivity index (χ2v) is 3.98. The Morgan fingerprint density at radius 3 is 2.38 bits per heavy atom. The Labute approximate surface area is 91.8 Å². The van der Waals surface area contributed by atoms with Gasteiger partial charge in [0.05, 0.1) is 0 Å². The molecular formula is C11H13F3N2. The number of hydrogen-bond donors (Lipinski definition) is 1. The fraction of sp³-hybridized carbons (Fsp3) is 0.455. The number of nitrogen functional groups attached to an aromatic ring is 1. The monoisotopic (exact) mass is 230 g/mol. The summed E-state index contributed by atoms with van der Waals surface area (Å²) in [5.74, 6) is 0. The van der Waals surface area contributed by atoms with Crippen molar-refractivity contribution < 1.29 is 13.2 Å². The molecule has 0 aliphatic carbocycles. The van der Waals surface area contributed by atoms with Crippen LogP contribution in [0.25, 0.3) is 0 Å². The second-order valence-electron chi connectivity index (χ2n) is 3.98. The van der Waals surface area contributed by atoms with Crippen LogP contribution in [0.5, 0.6) is 0 Å². The third-order valence-electron chi connectivity index (χ3n) is 2.86. The maximum Gasteiger partial charge on any atom is 0.408 e. The van der Waals surface area contributed by atoms with Gasteiger partial charge in [0.25, 0.3) is 0 Å². The molecular weight excluding hydrogens is 217 g/mol. The van der Waals surface area contributed by atoms with E-state index >= 15 is 0 Å². The standard InChI is InChI=1S/C11H13F3N2/c12-11(13,14)10-2-1-7-16(10)9-5-3-8(15)4-6-9/h3-6,10H,1-2,7,15H2. The van der Waals surface area contributed by atoms with Gasteiger partial charge in [-0.15, -0.1) is 0 Å². The molecule has 1 aromatic rings. The third-order valence-corrected chi connectivity index (χ3v) is 2.86. The first kappa shape index (κ1) is 11.1. The lowest BCUT2D eigenvalue weighted by atomic mass is 10.2. The van der Waals surface area contributed by atoms with E-state index in [0.29, 0.717) is 24.3 Å². The Kier molecular flexibility index (Phi) is 2.69. The number of hydrogen-bond acceptors (Lipinski definition) is 2. The van der Waals surface area contributed by atoms with Crippen molar-refractivity contribution in [2.24, 2.45) is 0 Å². The van der Waals surface area contributed by atoms with Crippen molar-refractivity contribution in [1.82, 2.24) is 0 Å². The summed E-state index contributed by atoms with van der Waals surface area (Å²) in [4.78, 5) is 1.40. The number of rotatable bonds is 1. The lowest BCUT2D eigenvalue weighted by Gasteiger charge is -2.28. The molecule has 0 aromatic heterocycles. The van der Waals surface area contributed by atoms with Crippen LogP contribution in [0, 0.1) is 0 Å². The summed E-state index contributed by atoms with van der Waals surface area (Å²) >= 11 is 0. The van der Waals surface area contributed by atoms with Gasteiger partial charge in [0.2, 0.25) is 0 Å². The van der Waals surface area contributed by atoms with Gasteiger partial charge in [-0.05, 0) is 37.1 Å². The van der Waals surface area contributed by atoms with Crippen LogP contribution < -0.4 is 10.6 Å². The Morgan fingerprint density at radius 1 is 1.19 bits per heavy atom. The van der Waals surface area contributed by atoms with Gasteiger partial charge >= 0.3 is 6.18 Å². The molecule has 1 fully saturated rings. The first-order valence-corrected chi connectivity index (χ1v) is 5.17. The zero-order valence-corrected chi connectivity index (χ0v) is 8.67. The van der Waals surface area contributed by atoms with Crippen LogP contribution in [0.15, 0.2) is 24.3 Å². The smallest absolute Gasteiger partial charge is 0.399 e. The predicted molar refractivity (Wildman–Crippen MR) is 57.3 cm³/mol. The van der Waals surface area contributed by atoms with Crippen molar-refractivity contribution in [3.63, 3.8) is 0 Å². The van der Waals surface area contributed by atoms with Crippen LogP contribution in [0.2, 0.25) is 0 Å². The van der Waals surface area contributed by atoms with Crippen LogP contribution >= 0.6 is 0 Å². The summed E-state index contributed by atoms with van der Waals surface area (Å²) < 4.78 is 38.1. The molecule has 0 amide bonds. The van der Waals surface area contributed by atoms with E-state index in [9.17, 15) is 13.2 Å². The van der Waals surface area contributed by atoms with Crippen LogP contribution in [-0.4, -0.2) is 18.8 Å². The minimum absolute atomic E-state index is 0.174. The van der Waals surface area contributed by atoms with E-state index in [1.807, 2.05) is 0 Å². The summed E-state index contributed by atoms with van der Waals surface area (Å²) in [5, 5.41) is 0. The van der Waals surface area contributed by atoms with Crippen LogP contribution in [0.3, 0.4) is 0 Å². The maximum atomic E-state index is 12.7. The van der Waals surface area contributed by atoms with Crippen molar-refractivity contribution in [3.05, 3.63) is 24.3 Å². The molecule has 5 heteroatoms. The summed E-state index contributed by atoms with van der Waals surface area (Å²) in [5.41, 5.74) is 6.66. The Hall–Kier alpha value is -1.39. The SMILES string of the molecule is Nc1ccc(N2CCCC2C(F)(F)F)cc1. The molecule has 1 atom stereocenters. The lowest BCUT2D eigenvalue weighted by Crippen LogP contribution is -2.41. The van der Waals surface area contributed by atoms with Gasteiger partial charge in [-0.1, -0.05) is 0 Å². The number of benzene rings is 1. The molecule has 1 aliphatic heterocycles. The number of nitrogens with two attached hydrogens (primary N) is 1. The highest BCUT2D eigenvalue weighted by atomic mass is 19.4. The molecule has 88 valence electrons. The lowest BCUT2D eigenvalue weighted by molar-refractivity contribution is -0.145. The van der Waals surface area contributed by atoms with Gasteiger partial charge in [0.15, 0.2) is 0 Å². The largest absolute Gasteiger partial charge is 0.408 e. The van der Waals surface area contributed by atoms with Crippen LogP contribution in [-0.2, 0) is 0 Å². The molecule has 0 radical (unpaired) electrons. The molecule has 2 nitrogen and oxygen atoms in total. The van der Waals surface area contributed by atoms with Crippen LogP contribution in [0.4, 0.5) is 24.5 Å². The van der Waals surface area contributed by atoms with E-state index < -0.39 is 12.2 Å². The predicted octanol–water partition coefficient (Wildman–Crippen LogP) is 2.80. The number of nitrogens with zero attached hydrogens (tertiary/aromatic N) is 1. The van der Waals surface area contributed by atoms with E-state index in [2.05, 4.69) is 0 Å². The van der Waals surface area contributed by atoms with Crippen molar-refractivity contribution in [2.45, 2.75) is 25.1 Å². The van der Waals surface area contributed by atoms with Crippen molar-refractivity contribution in [1.29, 1.82) is 0 Å². The normalized spacial score (nSPS) is 21.4. The molecule has 0 bridgehead atoms. The molecule has 1 aliphatic rings. The fourth-order valence-electron chi connectivity index (χ4n) is 2.08. The summed E-state index contributed by atoms with van der Waals surface area (Å²) in [7, 11) is 0. The van der Waals surface area contributed by atoms with Gasteiger partial charge < -0.3 is 10.6 Å². The van der Waals surface area contributed by atoms with Gasteiger partial charge in [-0.25, -0.2) is 0 Å². The van der Waals surface area contributed by atoms with Crippen molar-refractivity contribution in [2.75, 3.05) is 17.2 Å². The Bertz CT molecular complexity index is 358. The highest BCUT2D eigenvalue weighted by molar-refractivity contribution is 5.54. The molecule has 16 heavy (non-hydrogen) atoms.